The zero-order chi connectivity index (χ0) is 12.8. The van der Waals surface area contributed by atoms with Crippen molar-refractivity contribution in [1.29, 1.82) is 0 Å². The van der Waals surface area contributed by atoms with Crippen LogP contribution in [0.3, 0.4) is 0 Å². The van der Waals surface area contributed by atoms with Crippen molar-refractivity contribution < 1.29 is 9.18 Å². The summed E-state index contributed by atoms with van der Waals surface area (Å²) < 4.78 is 13.9. The predicted octanol–water partition coefficient (Wildman–Crippen LogP) is 3.66. The van der Waals surface area contributed by atoms with Gasteiger partial charge in [-0.05, 0) is 34.8 Å². The lowest BCUT2D eigenvalue weighted by atomic mass is 9.79. The predicted molar refractivity (Wildman–Crippen MR) is 72.2 cm³/mol. The summed E-state index contributed by atoms with van der Waals surface area (Å²) in [6.45, 7) is 0. The Morgan fingerprint density at radius 2 is 1.89 bits per heavy atom. The van der Waals surface area contributed by atoms with Crippen LogP contribution in [0.4, 0.5) is 15.8 Å². The van der Waals surface area contributed by atoms with E-state index in [1.54, 1.807) is 6.07 Å². The summed E-state index contributed by atoms with van der Waals surface area (Å²) in [6.07, 6.45) is 4.87. The molecule has 3 rings (SSSR count). The molecule has 1 aromatic rings. The third-order valence-corrected chi connectivity index (χ3v) is 4.43. The number of amides is 1. The van der Waals surface area contributed by atoms with E-state index >= 15 is 0 Å². The van der Waals surface area contributed by atoms with Crippen molar-refractivity contribution in [1.82, 2.24) is 0 Å². The molecule has 1 spiro atoms. The van der Waals surface area contributed by atoms with E-state index in [1.807, 2.05) is 0 Å². The van der Waals surface area contributed by atoms with Crippen LogP contribution in [0.25, 0.3) is 0 Å². The zero-order valence-electron chi connectivity index (χ0n) is 9.85. The smallest absolute Gasteiger partial charge is 0.250 e. The molecule has 0 bridgehead atoms. The number of benzene rings is 1. The topological polar surface area (TPSA) is 41.1 Å². The van der Waals surface area contributed by atoms with Crippen LogP contribution in [0.1, 0.15) is 32.1 Å². The van der Waals surface area contributed by atoms with Crippen molar-refractivity contribution in [2.24, 2.45) is 0 Å². The Labute approximate surface area is 113 Å². The first-order valence-electron chi connectivity index (χ1n) is 6.19. The van der Waals surface area contributed by atoms with Gasteiger partial charge < -0.3 is 10.6 Å². The average Bonchev–Trinajstić information content (AvgIpc) is 2.35. The quantitative estimate of drug-likeness (QED) is 0.767. The van der Waals surface area contributed by atoms with E-state index in [0.29, 0.717) is 15.8 Å². The maximum atomic E-state index is 13.6. The zero-order valence-corrected chi connectivity index (χ0v) is 11.4. The van der Waals surface area contributed by atoms with E-state index in [-0.39, 0.29) is 11.7 Å². The second-order valence-electron chi connectivity index (χ2n) is 5.03. The van der Waals surface area contributed by atoms with Crippen LogP contribution in [-0.4, -0.2) is 11.4 Å². The number of hydrogen-bond donors (Lipinski definition) is 2. The Kier molecular flexibility index (Phi) is 2.81. The van der Waals surface area contributed by atoms with Crippen LogP contribution in [0.15, 0.2) is 16.6 Å². The van der Waals surface area contributed by atoms with Crippen LogP contribution in [-0.2, 0) is 4.79 Å². The Morgan fingerprint density at radius 3 is 2.61 bits per heavy atom. The van der Waals surface area contributed by atoms with Gasteiger partial charge in [-0.3, -0.25) is 4.79 Å². The second-order valence-corrected chi connectivity index (χ2v) is 5.89. The first-order valence-corrected chi connectivity index (χ1v) is 6.99. The molecule has 96 valence electrons. The lowest BCUT2D eigenvalue weighted by Crippen LogP contribution is -2.53. The first kappa shape index (κ1) is 12.0. The molecule has 0 aromatic heterocycles. The van der Waals surface area contributed by atoms with Crippen LogP contribution in [0.5, 0.6) is 0 Å². The monoisotopic (exact) mass is 312 g/mol. The molecule has 2 aliphatic rings. The number of nitrogens with one attached hydrogen (secondary N) is 2. The van der Waals surface area contributed by atoms with Gasteiger partial charge in [0.25, 0.3) is 0 Å². The number of hydrogen-bond acceptors (Lipinski definition) is 2. The molecular formula is C13H14BrFN2O. The maximum Gasteiger partial charge on any atom is 0.250 e. The highest BCUT2D eigenvalue weighted by Gasteiger charge is 2.42. The third kappa shape index (κ3) is 1.81. The molecule has 5 heteroatoms. The molecule has 1 amide bonds. The molecule has 0 unspecified atom stereocenters. The summed E-state index contributed by atoms with van der Waals surface area (Å²) >= 11 is 3.13. The Hall–Kier alpha value is -1.10. The molecule has 1 aromatic carbocycles. The minimum Gasteiger partial charge on any atom is -0.369 e. The second kappa shape index (κ2) is 4.23. The first-order chi connectivity index (χ1) is 8.61. The molecule has 1 fully saturated rings. The number of carbonyl (C=O) groups excluding carboxylic acids is 1. The molecule has 1 saturated carbocycles. The largest absolute Gasteiger partial charge is 0.369 e. The molecule has 1 heterocycles. The molecule has 0 atom stereocenters. The minimum absolute atomic E-state index is 0.00760. The lowest BCUT2D eigenvalue weighted by molar-refractivity contribution is -0.121. The summed E-state index contributed by atoms with van der Waals surface area (Å²) in [5, 5.41) is 6.15. The van der Waals surface area contributed by atoms with Crippen molar-refractivity contribution >= 4 is 33.2 Å². The summed E-state index contributed by atoms with van der Waals surface area (Å²) in [6, 6.07) is 3.04. The maximum absolute atomic E-state index is 13.6. The highest BCUT2D eigenvalue weighted by molar-refractivity contribution is 9.10. The fourth-order valence-corrected chi connectivity index (χ4v) is 3.16. The summed E-state index contributed by atoms with van der Waals surface area (Å²) in [7, 11) is 0. The SMILES string of the molecule is O=C1Nc2cc(Br)c(F)cc2NC12CCCCC2. The van der Waals surface area contributed by atoms with E-state index in [9.17, 15) is 9.18 Å². The molecular weight excluding hydrogens is 299 g/mol. The Bertz CT molecular complexity index is 512. The highest BCUT2D eigenvalue weighted by atomic mass is 79.9. The number of carbonyl (C=O) groups is 1. The van der Waals surface area contributed by atoms with E-state index < -0.39 is 5.54 Å². The van der Waals surface area contributed by atoms with Crippen LogP contribution < -0.4 is 10.6 Å². The van der Waals surface area contributed by atoms with Gasteiger partial charge in [0.2, 0.25) is 5.91 Å². The van der Waals surface area contributed by atoms with E-state index in [0.717, 1.165) is 32.1 Å². The van der Waals surface area contributed by atoms with Crippen molar-refractivity contribution in [2.45, 2.75) is 37.6 Å². The van der Waals surface area contributed by atoms with Crippen LogP contribution >= 0.6 is 15.9 Å². The number of rotatable bonds is 0. The molecule has 1 aliphatic carbocycles. The highest BCUT2D eigenvalue weighted by Crippen LogP contribution is 2.40. The normalized spacial score (nSPS) is 21.1. The summed E-state index contributed by atoms with van der Waals surface area (Å²) in [5.41, 5.74) is 0.785. The number of anilines is 2. The standard InChI is InChI=1S/C13H14BrFN2O/c14-8-6-10-11(7-9(8)15)17-13(12(18)16-10)4-2-1-3-5-13/h6-7,17H,1-5H2,(H,16,18). The van der Waals surface area contributed by atoms with Crippen LogP contribution in [0.2, 0.25) is 0 Å². The van der Waals surface area contributed by atoms with E-state index in [1.165, 1.54) is 6.07 Å². The molecule has 18 heavy (non-hydrogen) atoms. The van der Waals surface area contributed by atoms with Gasteiger partial charge in [0.05, 0.1) is 15.8 Å². The molecule has 0 saturated heterocycles. The number of halogens is 2. The van der Waals surface area contributed by atoms with Crippen molar-refractivity contribution in [3.63, 3.8) is 0 Å². The average molecular weight is 313 g/mol. The molecule has 0 radical (unpaired) electrons. The van der Waals surface area contributed by atoms with Gasteiger partial charge in [-0.25, -0.2) is 4.39 Å². The van der Waals surface area contributed by atoms with Gasteiger partial charge in [-0.2, -0.15) is 0 Å². The van der Waals surface area contributed by atoms with Crippen molar-refractivity contribution in [3.8, 4) is 0 Å². The molecule has 1 aliphatic heterocycles. The fourth-order valence-electron chi connectivity index (χ4n) is 2.82. The molecule has 2 N–H and O–H groups in total. The van der Waals surface area contributed by atoms with Gasteiger partial charge in [0.1, 0.15) is 11.4 Å². The van der Waals surface area contributed by atoms with Gasteiger partial charge in [-0.1, -0.05) is 19.3 Å². The fraction of sp³-hybridized carbons (Fsp3) is 0.462. The lowest BCUT2D eigenvalue weighted by Gasteiger charge is -2.41. The Balaban J connectivity index is 2.00. The van der Waals surface area contributed by atoms with Gasteiger partial charge >= 0.3 is 0 Å². The third-order valence-electron chi connectivity index (χ3n) is 3.82. The van der Waals surface area contributed by atoms with Crippen LogP contribution in [0, 0.1) is 5.82 Å². The van der Waals surface area contributed by atoms with Gasteiger partial charge in [0, 0.05) is 6.07 Å². The van der Waals surface area contributed by atoms with Crippen molar-refractivity contribution in [2.75, 3.05) is 10.6 Å². The van der Waals surface area contributed by atoms with Gasteiger partial charge in [0.15, 0.2) is 0 Å². The Morgan fingerprint density at radius 1 is 1.17 bits per heavy atom. The minimum atomic E-state index is -0.536. The number of fused-ring (bicyclic) bond motifs is 1. The van der Waals surface area contributed by atoms with E-state index in [2.05, 4.69) is 26.6 Å². The van der Waals surface area contributed by atoms with Crippen molar-refractivity contribution in [3.05, 3.63) is 22.4 Å². The van der Waals surface area contributed by atoms with E-state index in [4.69, 9.17) is 0 Å². The molecule has 3 nitrogen and oxygen atoms in total. The summed E-state index contributed by atoms with van der Waals surface area (Å²) in [4.78, 5) is 12.2. The summed E-state index contributed by atoms with van der Waals surface area (Å²) in [5.74, 6) is -0.309. The van der Waals surface area contributed by atoms with Gasteiger partial charge in [-0.15, -0.1) is 0 Å².